The van der Waals surface area contributed by atoms with E-state index in [9.17, 15) is 9.59 Å². The van der Waals surface area contributed by atoms with Gasteiger partial charge in [0.2, 0.25) is 0 Å². The second kappa shape index (κ2) is 5.74. The van der Waals surface area contributed by atoms with Crippen LogP contribution in [-0.4, -0.2) is 23.7 Å². The second-order valence-electron chi connectivity index (χ2n) is 6.67. The number of ketones is 2. The van der Waals surface area contributed by atoms with Gasteiger partial charge in [-0.2, -0.15) is 0 Å². The third-order valence-corrected chi connectivity index (χ3v) is 5.17. The van der Waals surface area contributed by atoms with Crippen molar-refractivity contribution in [2.24, 2.45) is 0 Å². The molecule has 0 amide bonds. The SMILES string of the molecule is COc1ccc2nc(C3C(=O)c4cccc5cccc(c45)C3=O)ccc2c1. The summed E-state index contributed by atoms with van der Waals surface area (Å²) in [4.78, 5) is 31.0. The maximum Gasteiger partial charge on any atom is 0.180 e. The predicted molar refractivity (Wildman–Crippen MR) is 104 cm³/mol. The highest BCUT2D eigenvalue weighted by Crippen LogP contribution is 2.36. The quantitative estimate of drug-likeness (QED) is 0.496. The predicted octanol–water partition coefficient (Wildman–Crippen LogP) is 4.56. The number of fused-ring (bicyclic) bond motifs is 1. The summed E-state index contributed by atoms with van der Waals surface area (Å²) in [5.41, 5.74) is 2.38. The molecule has 4 heteroatoms. The molecule has 1 aliphatic rings. The summed E-state index contributed by atoms with van der Waals surface area (Å²) in [5.74, 6) is -0.547. The summed E-state index contributed by atoms with van der Waals surface area (Å²) in [6.45, 7) is 0. The first kappa shape index (κ1) is 15.7. The van der Waals surface area contributed by atoms with Crippen molar-refractivity contribution in [2.45, 2.75) is 5.92 Å². The molecule has 5 rings (SSSR count). The molecule has 0 spiro atoms. The van der Waals surface area contributed by atoms with E-state index in [1.165, 1.54) is 0 Å². The summed E-state index contributed by atoms with van der Waals surface area (Å²) < 4.78 is 5.24. The number of aromatic nitrogens is 1. The topological polar surface area (TPSA) is 56.3 Å². The van der Waals surface area contributed by atoms with Gasteiger partial charge in [-0.15, -0.1) is 0 Å². The Labute approximate surface area is 155 Å². The molecule has 1 aliphatic carbocycles. The van der Waals surface area contributed by atoms with Gasteiger partial charge in [0.1, 0.15) is 11.7 Å². The molecule has 0 fully saturated rings. The fourth-order valence-electron chi connectivity index (χ4n) is 3.86. The van der Waals surface area contributed by atoms with Gasteiger partial charge < -0.3 is 4.74 Å². The third kappa shape index (κ3) is 2.27. The highest BCUT2D eigenvalue weighted by atomic mass is 16.5. The summed E-state index contributed by atoms with van der Waals surface area (Å²) in [7, 11) is 1.61. The van der Waals surface area contributed by atoms with Gasteiger partial charge in [0.25, 0.3) is 0 Å². The molecule has 130 valence electrons. The van der Waals surface area contributed by atoms with Crippen LogP contribution in [0.4, 0.5) is 0 Å². The van der Waals surface area contributed by atoms with Crippen LogP contribution in [-0.2, 0) is 0 Å². The van der Waals surface area contributed by atoms with Crippen LogP contribution in [0.2, 0.25) is 0 Å². The van der Waals surface area contributed by atoms with Gasteiger partial charge in [0.15, 0.2) is 11.6 Å². The molecule has 0 atom stereocenters. The van der Waals surface area contributed by atoms with E-state index in [1.54, 1.807) is 25.3 Å². The standard InChI is InChI=1S/C23H15NO3/c1-27-15-9-11-18-14(12-15)8-10-19(24-18)21-22(25)16-6-2-4-13-5-3-7-17(20(13)16)23(21)26/h2-12,21H,1H3. The lowest BCUT2D eigenvalue weighted by molar-refractivity contribution is 0.0854. The third-order valence-electron chi connectivity index (χ3n) is 5.17. The normalized spacial score (nSPS) is 14.1. The zero-order chi connectivity index (χ0) is 18.5. The van der Waals surface area contributed by atoms with Crippen molar-refractivity contribution >= 4 is 33.2 Å². The van der Waals surface area contributed by atoms with E-state index in [1.807, 2.05) is 48.5 Å². The minimum atomic E-state index is -0.906. The van der Waals surface area contributed by atoms with Crippen molar-refractivity contribution in [3.63, 3.8) is 0 Å². The Kier molecular flexibility index (Phi) is 3.34. The molecule has 0 N–H and O–H groups in total. The number of nitrogens with zero attached hydrogens (tertiary/aromatic N) is 1. The van der Waals surface area contributed by atoms with E-state index >= 15 is 0 Å². The Morgan fingerprint density at radius 1 is 0.815 bits per heavy atom. The molecule has 1 aromatic heterocycles. The first-order chi connectivity index (χ1) is 13.2. The van der Waals surface area contributed by atoms with E-state index in [4.69, 9.17) is 4.74 Å². The van der Waals surface area contributed by atoms with E-state index in [-0.39, 0.29) is 11.6 Å². The smallest absolute Gasteiger partial charge is 0.180 e. The van der Waals surface area contributed by atoms with E-state index in [0.717, 1.165) is 27.4 Å². The van der Waals surface area contributed by atoms with E-state index in [2.05, 4.69) is 4.98 Å². The Morgan fingerprint density at radius 3 is 2.19 bits per heavy atom. The largest absolute Gasteiger partial charge is 0.497 e. The number of pyridine rings is 1. The van der Waals surface area contributed by atoms with Crippen LogP contribution in [0.15, 0.2) is 66.7 Å². The second-order valence-corrected chi connectivity index (χ2v) is 6.67. The Hall–Kier alpha value is -3.53. The Balaban J connectivity index is 1.69. The average Bonchev–Trinajstić information content (AvgIpc) is 2.71. The molecule has 4 nitrogen and oxygen atoms in total. The van der Waals surface area contributed by atoms with Crippen molar-refractivity contribution in [1.29, 1.82) is 0 Å². The molecule has 27 heavy (non-hydrogen) atoms. The monoisotopic (exact) mass is 353 g/mol. The summed E-state index contributed by atoms with van der Waals surface area (Å²) in [6, 6.07) is 20.3. The van der Waals surface area contributed by atoms with Gasteiger partial charge in [-0.05, 0) is 29.7 Å². The molecule has 0 unspecified atom stereocenters. The van der Waals surface area contributed by atoms with Gasteiger partial charge in [0, 0.05) is 21.9 Å². The van der Waals surface area contributed by atoms with Crippen LogP contribution in [0.25, 0.3) is 21.7 Å². The molecular weight excluding hydrogens is 338 g/mol. The van der Waals surface area contributed by atoms with Gasteiger partial charge in [0.05, 0.1) is 18.3 Å². The highest BCUT2D eigenvalue weighted by Gasteiger charge is 2.37. The maximum atomic E-state index is 13.2. The molecule has 4 aromatic rings. The lowest BCUT2D eigenvalue weighted by Crippen LogP contribution is -2.28. The lowest BCUT2D eigenvalue weighted by Gasteiger charge is -2.22. The summed E-state index contributed by atoms with van der Waals surface area (Å²) >= 11 is 0. The summed E-state index contributed by atoms with van der Waals surface area (Å²) in [5, 5.41) is 2.55. The fraction of sp³-hybridized carbons (Fsp3) is 0.0870. The van der Waals surface area contributed by atoms with Crippen LogP contribution in [0.1, 0.15) is 32.3 Å². The number of Topliss-reactive ketones (excluding diaryl/α,β-unsaturated/α-hetero) is 2. The molecule has 0 saturated heterocycles. The zero-order valence-electron chi connectivity index (χ0n) is 14.6. The molecule has 0 aliphatic heterocycles. The van der Waals surface area contributed by atoms with Gasteiger partial charge in [-0.3, -0.25) is 14.6 Å². The first-order valence-electron chi connectivity index (χ1n) is 8.72. The van der Waals surface area contributed by atoms with Crippen LogP contribution in [0, 0.1) is 0 Å². The number of hydrogen-bond donors (Lipinski definition) is 0. The zero-order valence-corrected chi connectivity index (χ0v) is 14.6. The van der Waals surface area contributed by atoms with Crippen molar-refractivity contribution in [3.8, 4) is 5.75 Å². The molecule has 0 bridgehead atoms. The Morgan fingerprint density at radius 2 is 1.52 bits per heavy atom. The number of ether oxygens (including phenoxy) is 1. The van der Waals surface area contributed by atoms with Gasteiger partial charge >= 0.3 is 0 Å². The van der Waals surface area contributed by atoms with Crippen molar-refractivity contribution < 1.29 is 14.3 Å². The summed E-state index contributed by atoms with van der Waals surface area (Å²) in [6.07, 6.45) is 0. The van der Waals surface area contributed by atoms with Gasteiger partial charge in [-0.1, -0.05) is 42.5 Å². The number of hydrogen-bond acceptors (Lipinski definition) is 4. The minimum Gasteiger partial charge on any atom is -0.497 e. The fourth-order valence-corrected chi connectivity index (χ4v) is 3.86. The highest BCUT2D eigenvalue weighted by molar-refractivity contribution is 6.31. The van der Waals surface area contributed by atoms with Crippen LogP contribution in [0.3, 0.4) is 0 Å². The lowest BCUT2D eigenvalue weighted by atomic mass is 9.78. The molecule has 0 saturated carbocycles. The van der Waals surface area contributed by atoms with Crippen LogP contribution < -0.4 is 4.74 Å². The maximum absolute atomic E-state index is 13.2. The number of carbonyl (C=O) groups excluding carboxylic acids is 2. The van der Waals surface area contributed by atoms with Crippen molar-refractivity contribution in [3.05, 3.63) is 83.6 Å². The van der Waals surface area contributed by atoms with Gasteiger partial charge in [-0.25, -0.2) is 0 Å². The minimum absolute atomic E-state index is 0.190. The number of carbonyl (C=O) groups is 2. The van der Waals surface area contributed by atoms with Crippen molar-refractivity contribution in [1.82, 2.24) is 4.98 Å². The average molecular weight is 353 g/mol. The first-order valence-corrected chi connectivity index (χ1v) is 8.72. The molecule has 1 heterocycles. The van der Waals surface area contributed by atoms with E-state index in [0.29, 0.717) is 16.8 Å². The Bertz CT molecular complexity index is 1210. The number of rotatable bonds is 2. The molecular formula is C23H15NO3. The molecule has 0 radical (unpaired) electrons. The number of benzene rings is 3. The van der Waals surface area contributed by atoms with Crippen molar-refractivity contribution in [2.75, 3.05) is 7.11 Å². The molecule has 3 aromatic carbocycles. The number of methoxy groups -OCH3 is 1. The van der Waals surface area contributed by atoms with E-state index < -0.39 is 5.92 Å². The van der Waals surface area contributed by atoms with Crippen LogP contribution >= 0.6 is 0 Å². The van der Waals surface area contributed by atoms with Crippen LogP contribution in [0.5, 0.6) is 5.75 Å².